The molecule has 0 aliphatic heterocycles. The number of hydrogen-bond donors (Lipinski definition) is 0. The van der Waals surface area contributed by atoms with Crippen LogP contribution >= 0.6 is 0 Å². The second kappa shape index (κ2) is 8.74. The Morgan fingerprint density at radius 1 is 0.735 bits per heavy atom. The molecule has 11 heteroatoms. The van der Waals surface area contributed by atoms with Gasteiger partial charge in [0.15, 0.2) is 0 Å². The van der Waals surface area contributed by atoms with Crippen molar-refractivity contribution in [1.29, 1.82) is 5.26 Å². The molecule has 0 saturated carbocycles. The summed E-state index contributed by atoms with van der Waals surface area (Å²) in [6.07, 6.45) is 0. The molecule has 34 heavy (non-hydrogen) atoms. The zero-order valence-corrected chi connectivity index (χ0v) is 18.7. The fraction of sp³-hybridized carbons (Fsp3) is 0. The summed E-state index contributed by atoms with van der Waals surface area (Å²) in [6.45, 7) is 0. The number of nitriles is 1. The molecular formula is C23H14F2N2O5S2. The molecule has 0 saturated heterocycles. The number of benzene rings is 3. The maximum absolute atomic E-state index is 13.5. The number of anilines is 1. The van der Waals surface area contributed by atoms with Crippen LogP contribution in [0.3, 0.4) is 0 Å². The molecule has 0 amide bonds. The van der Waals surface area contributed by atoms with Crippen molar-refractivity contribution in [3.8, 4) is 17.4 Å². The van der Waals surface area contributed by atoms with Crippen molar-refractivity contribution in [3.63, 3.8) is 0 Å². The third-order valence-electron chi connectivity index (χ3n) is 4.72. The minimum atomic E-state index is -4.95. The molecule has 4 rings (SSSR count). The fourth-order valence-corrected chi connectivity index (χ4v) is 6.69. The number of halogens is 2. The number of rotatable bonds is 6. The Morgan fingerprint density at radius 2 is 1.21 bits per heavy atom. The summed E-state index contributed by atoms with van der Waals surface area (Å²) < 4.78 is 86.5. The normalized spacial score (nSPS) is 11.7. The molecule has 0 radical (unpaired) electrons. The van der Waals surface area contributed by atoms with E-state index in [0.29, 0.717) is 5.56 Å². The monoisotopic (exact) mass is 500 g/mol. The number of furan rings is 1. The van der Waals surface area contributed by atoms with E-state index in [-0.39, 0.29) is 15.0 Å². The van der Waals surface area contributed by atoms with Crippen LogP contribution in [0.4, 0.5) is 14.7 Å². The van der Waals surface area contributed by atoms with Crippen LogP contribution in [0.1, 0.15) is 5.56 Å². The van der Waals surface area contributed by atoms with Gasteiger partial charge in [0.1, 0.15) is 29.0 Å². The van der Waals surface area contributed by atoms with E-state index in [1.807, 2.05) is 0 Å². The molecule has 4 aromatic rings. The highest BCUT2D eigenvalue weighted by Crippen LogP contribution is 2.38. The number of hydrogen-bond acceptors (Lipinski definition) is 6. The van der Waals surface area contributed by atoms with Crippen LogP contribution in [0.5, 0.6) is 0 Å². The summed E-state index contributed by atoms with van der Waals surface area (Å²) in [6, 6.07) is 18.2. The first-order chi connectivity index (χ1) is 16.1. The summed E-state index contributed by atoms with van der Waals surface area (Å²) in [4.78, 5) is -1.14. The van der Waals surface area contributed by atoms with Gasteiger partial charge in [0.25, 0.3) is 20.0 Å². The first-order valence-electron chi connectivity index (χ1n) is 9.55. The smallest absolute Gasteiger partial charge is 0.280 e. The van der Waals surface area contributed by atoms with Crippen LogP contribution in [0.25, 0.3) is 11.3 Å². The van der Waals surface area contributed by atoms with Gasteiger partial charge in [-0.3, -0.25) is 0 Å². The van der Waals surface area contributed by atoms with E-state index in [4.69, 9.17) is 4.42 Å². The SMILES string of the molecule is N#Cc1cc(-c2ccccc2)oc1N(S(=O)(=O)c1ccc(F)cc1)S(=O)(=O)c1ccc(F)cc1. The van der Waals surface area contributed by atoms with Gasteiger partial charge in [0, 0.05) is 11.6 Å². The lowest BCUT2D eigenvalue weighted by molar-refractivity contribution is 0.561. The summed E-state index contributed by atoms with van der Waals surface area (Å²) in [5.41, 5.74) is 0.0822. The van der Waals surface area contributed by atoms with Crippen LogP contribution in [0, 0.1) is 23.0 Å². The highest BCUT2D eigenvalue weighted by atomic mass is 32.3. The Bertz CT molecular complexity index is 1520. The summed E-state index contributed by atoms with van der Waals surface area (Å²) >= 11 is 0. The molecule has 3 aromatic carbocycles. The van der Waals surface area contributed by atoms with Crippen molar-refractivity contribution < 1.29 is 30.0 Å². The molecule has 0 aliphatic rings. The Kier molecular flexibility index (Phi) is 5.95. The lowest BCUT2D eigenvalue weighted by atomic mass is 10.1. The van der Waals surface area contributed by atoms with Gasteiger partial charge in [-0.15, -0.1) is 3.71 Å². The van der Waals surface area contributed by atoms with Gasteiger partial charge in [-0.1, -0.05) is 30.3 Å². The topological polar surface area (TPSA) is 108 Å². The molecule has 1 heterocycles. The summed E-state index contributed by atoms with van der Waals surface area (Å²) in [7, 11) is -9.90. The van der Waals surface area contributed by atoms with E-state index in [9.17, 15) is 30.9 Å². The Labute approximate surface area is 194 Å². The largest absolute Gasteiger partial charge is 0.437 e. The van der Waals surface area contributed by atoms with Gasteiger partial charge in [0.05, 0.1) is 9.79 Å². The van der Waals surface area contributed by atoms with Gasteiger partial charge >= 0.3 is 0 Å². The zero-order valence-electron chi connectivity index (χ0n) is 17.1. The maximum atomic E-state index is 13.5. The number of nitrogens with zero attached hydrogens (tertiary/aromatic N) is 2. The van der Waals surface area contributed by atoms with Gasteiger partial charge in [0.2, 0.25) is 5.88 Å². The van der Waals surface area contributed by atoms with Crippen molar-refractivity contribution in [2.45, 2.75) is 9.79 Å². The van der Waals surface area contributed by atoms with Gasteiger partial charge < -0.3 is 4.42 Å². The zero-order chi connectivity index (χ0) is 24.5. The maximum Gasteiger partial charge on any atom is 0.280 e. The third kappa shape index (κ3) is 4.16. The van der Waals surface area contributed by atoms with Crippen LogP contribution in [-0.2, 0) is 20.0 Å². The van der Waals surface area contributed by atoms with Gasteiger partial charge in [-0.25, -0.2) is 8.78 Å². The van der Waals surface area contributed by atoms with Crippen molar-refractivity contribution >= 4 is 25.9 Å². The molecule has 0 atom stereocenters. The van der Waals surface area contributed by atoms with E-state index in [2.05, 4.69) is 0 Å². The molecule has 7 nitrogen and oxygen atoms in total. The predicted octanol–water partition coefficient (Wildman–Crippen LogP) is 4.68. The van der Waals surface area contributed by atoms with Gasteiger partial charge in [-0.05, 0) is 48.5 Å². The van der Waals surface area contributed by atoms with E-state index in [1.54, 1.807) is 36.4 Å². The Hall–Kier alpha value is -4.01. The third-order valence-corrected chi connectivity index (χ3v) is 8.83. The minimum absolute atomic E-state index is 0.0362. The molecule has 1 aromatic heterocycles. The number of sulfonamides is 2. The Morgan fingerprint density at radius 3 is 1.65 bits per heavy atom. The van der Waals surface area contributed by atoms with Crippen molar-refractivity contribution in [1.82, 2.24) is 0 Å². The lowest BCUT2D eigenvalue weighted by Gasteiger charge is -2.22. The Balaban J connectivity index is 1.99. The quantitative estimate of drug-likeness (QED) is 0.380. The fourth-order valence-electron chi connectivity index (χ4n) is 3.09. The first-order valence-corrected chi connectivity index (χ1v) is 12.4. The molecule has 0 aliphatic carbocycles. The standard InChI is InChI=1S/C23H14F2N2O5S2/c24-18-6-10-20(11-7-18)33(28,29)27(34(30,31)21-12-8-19(25)9-13-21)23-17(15-26)14-22(32-23)16-4-2-1-3-5-16/h1-14H. The molecule has 0 spiro atoms. The van der Waals surface area contributed by atoms with Crippen LogP contribution in [-0.4, -0.2) is 16.8 Å². The molecule has 172 valence electrons. The van der Waals surface area contributed by atoms with Crippen molar-refractivity contribution in [2.75, 3.05) is 3.71 Å². The highest BCUT2D eigenvalue weighted by Gasteiger charge is 2.41. The second-order valence-electron chi connectivity index (χ2n) is 6.92. The lowest BCUT2D eigenvalue weighted by Crippen LogP contribution is -2.37. The summed E-state index contributed by atoms with van der Waals surface area (Å²) in [5, 5.41) is 9.65. The van der Waals surface area contributed by atoms with E-state index < -0.39 is 47.4 Å². The molecule has 0 bridgehead atoms. The van der Waals surface area contributed by atoms with Crippen molar-refractivity contribution in [2.24, 2.45) is 0 Å². The van der Waals surface area contributed by atoms with Crippen molar-refractivity contribution in [3.05, 3.63) is 102 Å². The van der Waals surface area contributed by atoms with E-state index in [0.717, 1.165) is 48.5 Å². The molecular weight excluding hydrogens is 486 g/mol. The molecule has 0 fully saturated rings. The second-order valence-corrected chi connectivity index (χ2v) is 10.7. The average Bonchev–Trinajstić information content (AvgIpc) is 3.23. The van der Waals surface area contributed by atoms with Gasteiger partial charge in [-0.2, -0.15) is 22.1 Å². The van der Waals surface area contributed by atoms with Crippen LogP contribution in [0.15, 0.2) is 99.1 Å². The van der Waals surface area contributed by atoms with E-state index in [1.165, 1.54) is 6.07 Å². The minimum Gasteiger partial charge on any atom is -0.437 e. The van der Waals surface area contributed by atoms with Crippen LogP contribution < -0.4 is 3.71 Å². The highest BCUT2D eigenvalue weighted by molar-refractivity contribution is 8.10. The van der Waals surface area contributed by atoms with E-state index >= 15 is 0 Å². The first kappa shape index (κ1) is 23.2. The summed E-state index contributed by atoms with van der Waals surface area (Å²) in [5.74, 6) is -2.22. The molecule has 0 unspecified atom stereocenters. The molecule has 0 N–H and O–H groups in total. The van der Waals surface area contributed by atoms with Crippen LogP contribution in [0.2, 0.25) is 0 Å². The predicted molar refractivity (Wildman–Crippen MR) is 119 cm³/mol. The average molecular weight is 501 g/mol.